The van der Waals surface area contributed by atoms with E-state index in [-0.39, 0.29) is 11.8 Å². The van der Waals surface area contributed by atoms with Crippen molar-refractivity contribution in [3.05, 3.63) is 53.3 Å². The van der Waals surface area contributed by atoms with Crippen molar-refractivity contribution in [1.82, 2.24) is 15.6 Å². The molecule has 118 valence electrons. The normalized spacial score (nSPS) is 11.0. The van der Waals surface area contributed by atoms with Gasteiger partial charge in [-0.3, -0.25) is 15.6 Å². The number of aromatic nitrogens is 2. The maximum absolute atomic E-state index is 12.6. The highest BCUT2D eigenvalue weighted by Gasteiger charge is 2.19. The van der Waals surface area contributed by atoms with Crippen molar-refractivity contribution in [2.75, 3.05) is 5.43 Å². The molecule has 2 heterocycles. The number of pyridine rings is 1. The van der Waals surface area contributed by atoms with E-state index in [1.807, 2.05) is 44.2 Å². The van der Waals surface area contributed by atoms with Gasteiger partial charge in [-0.05, 0) is 31.0 Å². The van der Waals surface area contributed by atoms with Gasteiger partial charge in [-0.25, -0.2) is 4.98 Å². The monoisotopic (exact) mass is 310 g/mol. The molecule has 0 spiro atoms. The van der Waals surface area contributed by atoms with E-state index < -0.39 is 0 Å². The summed E-state index contributed by atoms with van der Waals surface area (Å²) in [6.45, 7) is 5.83. The number of rotatable bonds is 4. The van der Waals surface area contributed by atoms with E-state index in [0.29, 0.717) is 22.4 Å². The number of hydrogen-bond donors (Lipinski definition) is 2. The molecule has 0 fully saturated rings. The molecule has 0 aliphatic heterocycles. The molecule has 0 aliphatic carbocycles. The van der Waals surface area contributed by atoms with Crippen molar-refractivity contribution in [3.8, 4) is 0 Å². The van der Waals surface area contributed by atoms with Crippen LogP contribution in [0.3, 0.4) is 0 Å². The third-order valence-electron chi connectivity index (χ3n) is 3.57. The van der Waals surface area contributed by atoms with Gasteiger partial charge in [0.2, 0.25) is 0 Å². The summed E-state index contributed by atoms with van der Waals surface area (Å²) in [6.07, 6.45) is 0. The van der Waals surface area contributed by atoms with Gasteiger partial charge in [0.25, 0.3) is 11.6 Å². The van der Waals surface area contributed by atoms with Gasteiger partial charge in [0, 0.05) is 5.69 Å². The van der Waals surface area contributed by atoms with Crippen molar-refractivity contribution < 1.29 is 9.32 Å². The number of para-hydroxylation sites is 1. The lowest BCUT2D eigenvalue weighted by atomic mass is 10.0. The highest BCUT2D eigenvalue weighted by molar-refractivity contribution is 6.06. The fourth-order valence-corrected chi connectivity index (χ4v) is 2.31. The van der Waals surface area contributed by atoms with Crippen LogP contribution in [0.25, 0.3) is 11.1 Å². The minimum absolute atomic E-state index is 0.179. The first-order valence-electron chi connectivity index (χ1n) is 7.44. The van der Waals surface area contributed by atoms with Crippen molar-refractivity contribution in [2.45, 2.75) is 26.7 Å². The van der Waals surface area contributed by atoms with Crippen LogP contribution in [0.1, 0.15) is 41.5 Å². The third kappa shape index (κ3) is 3.01. The Morgan fingerprint density at radius 2 is 1.96 bits per heavy atom. The summed E-state index contributed by atoms with van der Waals surface area (Å²) in [5.41, 5.74) is 8.73. The second kappa shape index (κ2) is 6.08. The highest BCUT2D eigenvalue weighted by atomic mass is 16.5. The Kier molecular flexibility index (Phi) is 3.97. The second-order valence-corrected chi connectivity index (χ2v) is 5.64. The van der Waals surface area contributed by atoms with E-state index in [2.05, 4.69) is 21.0 Å². The fourth-order valence-electron chi connectivity index (χ4n) is 2.31. The summed E-state index contributed by atoms with van der Waals surface area (Å²) in [7, 11) is 0. The minimum atomic E-state index is -0.255. The summed E-state index contributed by atoms with van der Waals surface area (Å²) in [4.78, 5) is 17.0. The van der Waals surface area contributed by atoms with Crippen LogP contribution >= 0.6 is 0 Å². The fraction of sp³-hybridized carbons (Fsp3) is 0.235. The molecule has 3 aromatic rings. The zero-order chi connectivity index (χ0) is 16.4. The van der Waals surface area contributed by atoms with Gasteiger partial charge in [-0.1, -0.05) is 37.2 Å². The van der Waals surface area contributed by atoms with E-state index in [1.165, 1.54) is 0 Å². The maximum Gasteiger partial charge on any atom is 0.270 e. The zero-order valence-corrected chi connectivity index (χ0v) is 13.3. The van der Waals surface area contributed by atoms with Crippen LogP contribution in [0, 0.1) is 6.92 Å². The van der Waals surface area contributed by atoms with Crippen molar-refractivity contribution in [1.29, 1.82) is 0 Å². The quantitative estimate of drug-likeness (QED) is 0.722. The summed E-state index contributed by atoms with van der Waals surface area (Å²) in [6, 6.07) is 11.2. The molecule has 0 saturated carbocycles. The van der Waals surface area contributed by atoms with Gasteiger partial charge >= 0.3 is 0 Å². The molecule has 1 amide bonds. The summed E-state index contributed by atoms with van der Waals surface area (Å²) < 4.78 is 5.23. The van der Waals surface area contributed by atoms with Crippen LogP contribution in [0.2, 0.25) is 0 Å². The van der Waals surface area contributed by atoms with Crippen molar-refractivity contribution in [2.24, 2.45) is 0 Å². The summed E-state index contributed by atoms with van der Waals surface area (Å²) >= 11 is 0. The molecule has 1 aromatic carbocycles. The SMILES string of the molecule is Cc1noc2nc(C(C)C)cc(C(=O)NNc3ccccc3)c12. The molecule has 6 heteroatoms. The van der Waals surface area contributed by atoms with Gasteiger partial charge in [0.1, 0.15) is 0 Å². The number of amides is 1. The number of hydrazine groups is 1. The number of anilines is 1. The Morgan fingerprint density at radius 1 is 1.22 bits per heavy atom. The number of benzene rings is 1. The predicted molar refractivity (Wildman–Crippen MR) is 88.2 cm³/mol. The Balaban J connectivity index is 1.94. The van der Waals surface area contributed by atoms with Crippen LogP contribution in [0.4, 0.5) is 5.69 Å². The Morgan fingerprint density at radius 3 is 2.65 bits per heavy atom. The molecular formula is C17H18N4O2. The highest BCUT2D eigenvalue weighted by Crippen LogP contribution is 2.25. The van der Waals surface area contributed by atoms with E-state index in [1.54, 1.807) is 13.0 Å². The largest absolute Gasteiger partial charge is 0.336 e. The molecule has 6 nitrogen and oxygen atoms in total. The molecule has 3 rings (SSSR count). The molecule has 0 atom stereocenters. The van der Waals surface area contributed by atoms with Gasteiger partial charge < -0.3 is 4.52 Å². The first-order chi connectivity index (χ1) is 11.1. The first-order valence-corrected chi connectivity index (χ1v) is 7.44. The molecule has 0 unspecified atom stereocenters. The van der Waals surface area contributed by atoms with Crippen molar-refractivity contribution >= 4 is 22.7 Å². The molecule has 0 saturated heterocycles. The number of aryl methyl sites for hydroxylation is 1. The standard InChI is InChI=1S/C17H18N4O2/c1-10(2)14-9-13(15-11(3)21-23-17(15)18-14)16(22)20-19-12-7-5-4-6-8-12/h4-10,19H,1-3H3,(H,20,22). The number of nitrogens with one attached hydrogen (secondary N) is 2. The molecule has 2 N–H and O–H groups in total. The Hall–Kier alpha value is -2.89. The Labute approximate surface area is 133 Å². The van der Waals surface area contributed by atoms with Gasteiger partial charge in [0.05, 0.1) is 22.3 Å². The first kappa shape index (κ1) is 15.0. The predicted octanol–water partition coefficient (Wildman–Crippen LogP) is 3.41. The second-order valence-electron chi connectivity index (χ2n) is 5.64. The smallest absolute Gasteiger partial charge is 0.270 e. The van der Waals surface area contributed by atoms with Crippen LogP contribution in [-0.4, -0.2) is 16.0 Å². The Bertz CT molecular complexity index is 840. The van der Waals surface area contributed by atoms with Crippen LogP contribution in [0.5, 0.6) is 0 Å². The van der Waals surface area contributed by atoms with Gasteiger partial charge in [-0.15, -0.1) is 0 Å². The lowest BCUT2D eigenvalue weighted by molar-refractivity contribution is 0.0964. The van der Waals surface area contributed by atoms with E-state index in [9.17, 15) is 4.79 Å². The average molecular weight is 310 g/mol. The molecule has 2 aromatic heterocycles. The molecule has 23 heavy (non-hydrogen) atoms. The van der Waals surface area contributed by atoms with E-state index in [0.717, 1.165) is 11.4 Å². The summed E-state index contributed by atoms with van der Waals surface area (Å²) in [5.74, 6) is -0.0760. The number of carbonyl (C=O) groups is 1. The zero-order valence-electron chi connectivity index (χ0n) is 13.3. The van der Waals surface area contributed by atoms with E-state index >= 15 is 0 Å². The molecule has 0 aliphatic rings. The van der Waals surface area contributed by atoms with Gasteiger partial charge in [-0.2, -0.15) is 0 Å². The number of nitrogens with zero attached hydrogens (tertiary/aromatic N) is 2. The molecule has 0 radical (unpaired) electrons. The number of fused-ring (bicyclic) bond motifs is 1. The topological polar surface area (TPSA) is 80.0 Å². The van der Waals surface area contributed by atoms with Crippen molar-refractivity contribution in [3.63, 3.8) is 0 Å². The van der Waals surface area contributed by atoms with Crippen LogP contribution in [-0.2, 0) is 0 Å². The van der Waals surface area contributed by atoms with E-state index in [4.69, 9.17) is 4.52 Å². The number of carbonyl (C=O) groups excluding carboxylic acids is 1. The molecular weight excluding hydrogens is 292 g/mol. The van der Waals surface area contributed by atoms with Crippen LogP contribution in [0.15, 0.2) is 40.9 Å². The lowest BCUT2D eigenvalue weighted by Crippen LogP contribution is -2.29. The third-order valence-corrected chi connectivity index (χ3v) is 3.57. The average Bonchev–Trinajstić information content (AvgIpc) is 2.94. The van der Waals surface area contributed by atoms with Crippen LogP contribution < -0.4 is 10.9 Å². The lowest BCUT2D eigenvalue weighted by Gasteiger charge is -2.11. The minimum Gasteiger partial charge on any atom is -0.336 e. The molecule has 0 bridgehead atoms. The van der Waals surface area contributed by atoms with Gasteiger partial charge in [0.15, 0.2) is 0 Å². The number of hydrogen-bond acceptors (Lipinski definition) is 5. The maximum atomic E-state index is 12.6. The summed E-state index contributed by atoms with van der Waals surface area (Å²) in [5, 5.41) is 4.56.